The number of hydrogen-bond acceptors (Lipinski definition) is 5. The molecule has 1 saturated heterocycles. The second-order valence-electron chi connectivity index (χ2n) is 10.5. The van der Waals surface area contributed by atoms with Crippen molar-refractivity contribution >= 4 is 17.4 Å². The summed E-state index contributed by atoms with van der Waals surface area (Å²) in [6.07, 6.45) is 5.15. The van der Waals surface area contributed by atoms with Crippen molar-refractivity contribution in [1.29, 1.82) is 0 Å². The Balaban J connectivity index is 1.25. The molecule has 8 heteroatoms. The second kappa shape index (κ2) is 8.64. The number of nitrogens with zero attached hydrogens (tertiary/aromatic N) is 6. The van der Waals surface area contributed by atoms with E-state index in [0.717, 1.165) is 50.9 Å². The number of benzene rings is 1. The van der Waals surface area contributed by atoms with E-state index in [0.29, 0.717) is 40.9 Å². The van der Waals surface area contributed by atoms with E-state index in [-0.39, 0.29) is 11.9 Å². The van der Waals surface area contributed by atoms with Gasteiger partial charge in [0, 0.05) is 37.3 Å². The van der Waals surface area contributed by atoms with E-state index in [4.69, 9.17) is 10.1 Å². The minimum atomic E-state index is -0.530. The largest absolute Gasteiger partial charge is 0.357 e. The number of fused-ring (bicyclic) bond motifs is 2. The lowest BCUT2D eigenvalue weighted by atomic mass is 9.93. The zero-order valence-corrected chi connectivity index (χ0v) is 20.9. The van der Waals surface area contributed by atoms with Gasteiger partial charge in [0.05, 0.1) is 17.3 Å². The van der Waals surface area contributed by atoms with Crippen LogP contribution in [0.15, 0.2) is 48.5 Å². The van der Waals surface area contributed by atoms with E-state index in [2.05, 4.69) is 35.0 Å². The summed E-state index contributed by atoms with van der Waals surface area (Å²) in [5.74, 6) is 0.407. The molecule has 37 heavy (non-hydrogen) atoms. The fourth-order valence-electron chi connectivity index (χ4n) is 5.84. The fourth-order valence-corrected chi connectivity index (χ4v) is 5.84. The molecule has 1 aliphatic carbocycles. The summed E-state index contributed by atoms with van der Waals surface area (Å²) in [5.41, 5.74) is 5.28. The molecule has 1 aromatic carbocycles. The lowest BCUT2D eigenvalue weighted by Gasteiger charge is -2.35. The molecular formula is C29H29FN6O. The maximum atomic E-state index is 15.1. The van der Waals surface area contributed by atoms with Gasteiger partial charge in [-0.15, -0.1) is 0 Å². The van der Waals surface area contributed by atoms with Gasteiger partial charge >= 0.3 is 0 Å². The normalized spacial score (nSPS) is 19.5. The zero-order chi connectivity index (χ0) is 25.1. The minimum absolute atomic E-state index is 0.0189. The molecule has 2 aliphatic heterocycles. The highest BCUT2D eigenvalue weighted by molar-refractivity contribution is 5.93. The van der Waals surface area contributed by atoms with Crippen LogP contribution in [-0.4, -0.2) is 50.0 Å². The van der Waals surface area contributed by atoms with Crippen LogP contribution in [0.25, 0.3) is 16.9 Å². The lowest BCUT2D eigenvalue weighted by molar-refractivity contribution is 0.0671. The third kappa shape index (κ3) is 3.86. The smallest absolute Gasteiger partial charge is 0.273 e. The van der Waals surface area contributed by atoms with Crippen molar-refractivity contribution in [2.24, 2.45) is 0 Å². The van der Waals surface area contributed by atoms with Gasteiger partial charge in [-0.2, -0.15) is 9.49 Å². The van der Waals surface area contributed by atoms with Crippen LogP contribution in [0.2, 0.25) is 0 Å². The highest BCUT2D eigenvalue weighted by Crippen LogP contribution is 2.41. The molecule has 0 radical (unpaired) electrons. The summed E-state index contributed by atoms with van der Waals surface area (Å²) in [5, 5.41) is 4.73. The van der Waals surface area contributed by atoms with Crippen LogP contribution < -0.4 is 4.90 Å². The molecule has 0 N–H and O–H groups in total. The van der Waals surface area contributed by atoms with E-state index >= 15 is 4.39 Å². The van der Waals surface area contributed by atoms with Crippen molar-refractivity contribution in [1.82, 2.24) is 24.5 Å². The fraction of sp³-hybridized carbons (Fsp3) is 0.379. The van der Waals surface area contributed by atoms with Crippen molar-refractivity contribution in [3.05, 3.63) is 77.0 Å². The summed E-state index contributed by atoms with van der Waals surface area (Å²) < 4.78 is 16.9. The van der Waals surface area contributed by atoms with E-state index in [1.54, 1.807) is 16.6 Å². The Morgan fingerprint density at radius 3 is 2.59 bits per heavy atom. The van der Waals surface area contributed by atoms with Crippen LogP contribution in [0.5, 0.6) is 0 Å². The van der Waals surface area contributed by atoms with Crippen LogP contribution in [-0.2, 0) is 6.42 Å². The van der Waals surface area contributed by atoms with Crippen molar-refractivity contribution in [2.45, 2.75) is 51.0 Å². The summed E-state index contributed by atoms with van der Waals surface area (Å²) in [4.78, 5) is 26.7. The molecule has 5 heterocycles. The average molecular weight is 497 g/mol. The summed E-state index contributed by atoms with van der Waals surface area (Å²) in [6, 6.07) is 15.6. The quantitative estimate of drug-likeness (QED) is 0.365. The summed E-state index contributed by atoms with van der Waals surface area (Å²) >= 11 is 0. The van der Waals surface area contributed by atoms with Crippen LogP contribution >= 0.6 is 0 Å². The molecule has 3 aliphatic rings. The second-order valence-corrected chi connectivity index (χ2v) is 10.5. The van der Waals surface area contributed by atoms with Crippen LogP contribution in [0.1, 0.15) is 71.9 Å². The Hall–Kier alpha value is -3.81. The van der Waals surface area contributed by atoms with Crippen LogP contribution in [0.3, 0.4) is 0 Å². The standard InChI is InChI=1S/C29H29FN6O/c1-18-21-7-3-2-6-19(21)12-15-35(18)29(37)24-16-25(20-8-9-20)36-27(31-24)17-23(33-36)22-10-11-26(32-28(22)30)34-13-4-5-14-34/h2-3,6-7,10-11,16-18,20H,4-5,8-9,12-15H2,1H3/t18-/m1/s1. The van der Waals surface area contributed by atoms with Gasteiger partial charge in [-0.25, -0.2) is 14.5 Å². The van der Waals surface area contributed by atoms with Gasteiger partial charge in [-0.1, -0.05) is 24.3 Å². The number of pyridine rings is 1. The predicted octanol–water partition coefficient (Wildman–Crippen LogP) is 5.17. The van der Waals surface area contributed by atoms with E-state index < -0.39 is 5.95 Å². The Bertz CT molecular complexity index is 1520. The highest BCUT2D eigenvalue weighted by Gasteiger charge is 2.32. The number of anilines is 1. The maximum absolute atomic E-state index is 15.1. The topological polar surface area (TPSA) is 66.6 Å². The Morgan fingerprint density at radius 2 is 1.81 bits per heavy atom. The molecule has 188 valence electrons. The van der Waals surface area contributed by atoms with Crippen molar-refractivity contribution < 1.29 is 9.18 Å². The van der Waals surface area contributed by atoms with Gasteiger partial charge < -0.3 is 9.80 Å². The SMILES string of the molecule is C[C@@H]1c2ccccc2CCN1C(=O)c1cc(C2CC2)n2nc(-c3ccc(N4CCCC4)nc3F)cc2n1. The molecule has 7 nitrogen and oxygen atoms in total. The van der Waals surface area contributed by atoms with Gasteiger partial charge in [0.15, 0.2) is 5.65 Å². The number of halogens is 1. The number of carbonyl (C=O) groups is 1. The Kier molecular flexibility index (Phi) is 5.23. The van der Waals surface area contributed by atoms with Crippen molar-refractivity contribution in [3.8, 4) is 11.3 Å². The maximum Gasteiger partial charge on any atom is 0.273 e. The third-order valence-electron chi connectivity index (χ3n) is 8.07. The van der Waals surface area contributed by atoms with Crippen LogP contribution in [0, 0.1) is 5.95 Å². The van der Waals surface area contributed by atoms with Gasteiger partial charge in [-0.3, -0.25) is 4.79 Å². The first-order valence-corrected chi connectivity index (χ1v) is 13.3. The van der Waals surface area contributed by atoms with E-state index in [1.165, 1.54) is 11.1 Å². The Morgan fingerprint density at radius 1 is 1.00 bits per heavy atom. The number of amides is 1. The molecule has 1 saturated carbocycles. The van der Waals surface area contributed by atoms with Gasteiger partial charge in [0.25, 0.3) is 5.91 Å². The highest BCUT2D eigenvalue weighted by atomic mass is 19.1. The molecule has 0 spiro atoms. The zero-order valence-electron chi connectivity index (χ0n) is 20.9. The minimum Gasteiger partial charge on any atom is -0.357 e. The molecule has 2 fully saturated rings. The molecule has 0 bridgehead atoms. The van der Waals surface area contributed by atoms with E-state index in [1.807, 2.05) is 23.1 Å². The lowest BCUT2D eigenvalue weighted by Crippen LogP contribution is -2.39. The first-order valence-electron chi connectivity index (χ1n) is 13.3. The average Bonchev–Trinajstić information content (AvgIpc) is 3.43. The van der Waals surface area contributed by atoms with Crippen molar-refractivity contribution in [3.63, 3.8) is 0 Å². The Labute approximate surface area is 214 Å². The number of aromatic nitrogens is 4. The monoisotopic (exact) mass is 496 g/mol. The summed E-state index contributed by atoms with van der Waals surface area (Å²) in [6.45, 7) is 4.56. The molecule has 1 amide bonds. The number of hydrogen-bond donors (Lipinski definition) is 0. The molecule has 0 unspecified atom stereocenters. The molecule has 3 aromatic heterocycles. The first-order chi connectivity index (χ1) is 18.1. The molecule has 7 rings (SSSR count). The summed E-state index contributed by atoms with van der Waals surface area (Å²) in [7, 11) is 0. The van der Waals surface area contributed by atoms with Crippen molar-refractivity contribution in [2.75, 3.05) is 24.5 Å². The number of rotatable bonds is 4. The van der Waals surface area contributed by atoms with Gasteiger partial charge in [0.2, 0.25) is 5.95 Å². The molecular weight excluding hydrogens is 467 g/mol. The van der Waals surface area contributed by atoms with Gasteiger partial charge in [-0.05, 0) is 68.4 Å². The third-order valence-corrected chi connectivity index (χ3v) is 8.07. The van der Waals surface area contributed by atoms with E-state index in [9.17, 15) is 4.79 Å². The predicted molar refractivity (Wildman–Crippen MR) is 139 cm³/mol. The first kappa shape index (κ1) is 22.4. The molecule has 4 aromatic rings. The molecule has 1 atom stereocenters. The number of carbonyl (C=O) groups excluding carboxylic acids is 1. The van der Waals surface area contributed by atoms with Gasteiger partial charge in [0.1, 0.15) is 11.5 Å². The van der Waals surface area contributed by atoms with Crippen LogP contribution in [0.4, 0.5) is 10.2 Å².